The minimum atomic E-state index is -0.313. The third-order valence-corrected chi connectivity index (χ3v) is 6.49. The van der Waals surface area contributed by atoms with Crippen molar-refractivity contribution < 1.29 is 13.9 Å². The Balaban J connectivity index is 1.53. The predicted octanol–water partition coefficient (Wildman–Crippen LogP) is 4.86. The van der Waals surface area contributed by atoms with E-state index in [0.717, 1.165) is 49.5 Å². The lowest BCUT2D eigenvalue weighted by atomic mass is 10.2. The number of anilines is 1. The van der Waals surface area contributed by atoms with Gasteiger partial charge in [-0.2, -0.15) is 0 Å². The van der Waals surface area contributed by atoms with Crippen LogP contribution < -0.4 is 4.90 Å². The molecule has 8 heteroatoms. The van der Waals surface area contributed by atoms with Gasteiger partial charge in [-0.25, -0.2) is 9.37 Å². The van der Waals surface area contributed by atoms with Crippen LogP contribution in [-0.4, -0.2) is 55.2 Å². The lowest BCUT2D eigenvalue weighted by molar-refractivity contribution is -0.114. The number of hydrogen-bond donors (Lipinski definition) is 0. The number of ether oxygens (including phenoxy) is 1. The number of carbonyl (C=O) groups excluding carboxylic acids is 1. The smallest absolute Gasteiger partial charge is 0.252 e. The summed E-state index contributed by atoms with van der Waals surface area (Å²) in [5.41, 5.74) is 1.46. The molecular formula is C23H23ClFN3O2S. The van der Waals surface area contributed by atoms with Gasteiger partial charge in [-0.3, -0.25) is 14.6 Å². The molecule has 0 radical (unpaired) electrons. The molecule has 0 unspecified atom stereocenters. The molecule has 2 aromatic carbocycles. The van der Waals surface area contributed by atoms with E-state index in [2.05, 4.69) is 9.88 Å². The maximum atomic E-state index is 13.6. The molecule has 0 saturated carbocycles. The molecule has 162 valence electrons. The van der Waals surface area contributed by atoms with Crippen molar-refractivity contribution in [3.8, 4) is 0 Å². The zero-order valence-corrected chi connectivity index (χ0v) is 18.5. The van der Waals surface area contributed by atoms with Gasteiger partial charge in [0.15, 0.2) is 5.13 Å². The van der Waals surface area contributed by atoms with Crippen molar-refractivity contribution in [2.45, 2.75) is 6.42 Å². The fourth-order valence-corrected chi connectivity index (χ4v) is 4.66. The monoisotopic (exact) mass is 459 g/mol. The van der Waals surface area contributed by atoms with Gasteiger partial charge < -0.3 is 4.74 Å². The van der Waals surface area contributed by atoms with Crippen molar-refractivity contribution >= 4 is 50.3 Å². The number of halogens is 2. The molecule has 1 amide bonds. The number of hydrogen-bond acceptors (Lipinski definition) is 5. The Hall–Kier alpha value is -2.32. The lowest BCUT2D eigenvalue weighted by Crippen LogP contribution is -2.39. The van der Waals surface area contributed by atoms with E-state index in [0.29, 0.717) is 22.2 Å². The van der Waals surface area contributed by atoms with E-state index in [4.69, 9.17) is 16.3 Å². The molecule has 1 aliphatic heterocycles. The fraction of sp³-hybridized carbons (Fsp3) is 0.304. The van der Waals surface area contributed by atoms with E-state index in [9.17, 15) is 9.18 Å². The van der Waals surface area contributed by atoms with Gasteiger partial charge in [0, 0.05) is 37.3 Å². The second-order valence-electron chi connectivity index (χ2n) is 7.26. The zero-order valence-electron chi connectivity index (χ0n) is 17.0. The molecule has 4 rings (SSSR count). The topological polar surface area (TPSA) is 45.7 Å². The molecule has 0 aliphatic carbocycles. The second kappa shape index (κ2) is 10.3. The largest absolute Gasteiger partial charge is 0.379 e. The number of carbonyl (C=O) groups is 1. The van der Waals surface area contributed by atoms with E-state index in [1.165, 1.54) is 29.5 Å². The van der Waals surface area contributed by atoms with E-state index in [-0.39, 0.29) is 11.7 Å². The Morgan fingerprint density at radius 2 is 2.06 bits per heavy atom. The Labute approximate surface area is 189 Å². The van der Waals surface area contributed by atoms with E-state index >= 15 is 0 Å². The first-order valence-corrected chi connectivity index (χ1v) is 11.4. The molecule has 1 aliphatic rings. The highest BCUT2D eigenvalue weighted by Gasteiger charge is 2.19. The third kappa shape index (κ3) is 5.68. The first-order valence-electron chi connectivity index (χ1n) is 10.2. The van der Waals surface area contributed by atoms with Crippen LogP contribution in [0.25, 0.3) is 16.3 Å². The molecule has 3 aromatic rings. The van der Waals surface area contributed by atoms with Crippen LogP contribution in [0.3, 0.4) is 0 Å². The number of aromatic nitrogens is 1. The predicted molar refractivity (Wildman–Crippen MR) is 124 cm³/mol. The van der Waals surface area contributed by atoms with Crippen LogP contribution in [0, 0.1) is 5.82 Å². The summed E-state index contributed by atoms with van der Waals surface area (Å²) in [6.45, 7) is 4.69. The summed E-state index contributed by atoms with van der Waals surface area (Å²) in [5, 5.41) is 1.15. The van der Waals surface area contributed by atoms with E-state index < -0.39 is 0 Å². The van der Waals surface area contributed by atoms with Crippen molar-refractivity contribution in [3.05, 3.63) is 64.9 Å². The van der Waals surface area contributed by atoms with Crippen LogP contribution in [-0.2, 0) is 9.53 Å². The molecule has 31 heavy (non-hydrogen) atoms. The Kier molecular flexibility index (Phi) is 7.29. The van der Waals surface area contributed by atoms with Crippen LogP contribution in [0.15, 0.2) is 48.5 Å². The van der Waals surface area contributed by atoms with Crippen molar-refractivity contribution in [2.24, 2.45) is 0 Å². The highest BCUT2D eigenvalue weighted by molar-refractivity contribution is 7.22. The lowest BCUT2D eigenvalue weighted by Gasteiger charge is -2.27. The maximum Gasteiger partial charge on any atom is 0.252 e. The van der Waals surface area contributed by atoms with Gasteiger partial charge in [-0.15, -0.1) is 0 Å². The van der Waals surface area contributed by atoms with Gasteiger partial charge in [0.25, 0.3) is 5.91 Å². The Bertz CT molecular complexity index is 1080. The molecule has 1 fully saturated rings. The van der Waals surface area contributed by atoms with E-state index in [1.807, 2.05) is 18.2 Å². The highest BCUT2D eigenvalue weighted by Crippen LogP contribution is 2.30. The minimum Gasteiger partial charge on any atom is -0.379 e. The molecule has 5 nitrogen and oxygen atoms in total. The van der Waals surface area contributed by atoms with Gasteiger partial charge in [0.2, 0.25) is 0 Å². The summed E-state index contributed by atoms with van der Waals surface area (Å²) in [6, 6.07) is 11.8. The summed E-state index contributed by atoms with van der Waals surface area (Å²) in [5.74, 6) is -0.493. The fourth-order valence-electron chi connectivity index (χ4n) is 3.44. The highest BCUT2D eigenvalue weighted by atomic mass is 35.5. The first kappa shape index (κ1) is 21.9. The van der Waals surface area contributed by atoms with Crippen LogP contribution in [0.5, 0.6) is 0 Å². The summed E-state index contributed by atoms with van der Waals surface area (Å²) in [4.78, 5) is 21.7. The van der Waals surface area contributed by atoms with Gasteiger partial charge >= 0.3 is 0 Å². The standard InChI is InChI=1S/C23H23ClFN3O2S/c24-19-5-2-1-4-17(19)6-9-22(29)28(11-3-10-27-12-14-30-15-13-27)23-26-20-8-7-18(25)16-21(20)31-23/h1-2,4-9,16H,3,10-15H2/b9-6+. The first-order chi connectivity index (χ1) is 15.1. The van der Waals surface area contributed by atoms with Crippen LogP contribution in [0.4, 0.5) is 9.52 Å². The molecule has 0 bridgehead atoms. The normalized spacial score (nSPS) is 15.0. The number of nitrogens with zero attached hydrogens (tertiary/aromatic N) is 3. The maximum absolute atomic E-state index is 13.6. The third-order valence-electron chi connectivity index (χ3n) is 5.11. The molecule has 1 aromatic heterocycles. The zero-order chi connectivity index (χ0) is 21.6. The van der Waals surface area contributed by atoms with Gasteiger partial charge in [-0.1, -0.05) is 41.1 Å². The van der Waals surface area contributed by atoms with Crippen LogP contribution in [0.2, 0.25) is 5.02 Å². The Morgan fingerprint density at radius 3 is 2.87 bits per heavy atom. The van der Waals surface area contributed by atoms with Crippen molar-refractivity contribution in [1.82, 2.24) is 9.88 Å². The Morgan fingerprint density at radius 1 is 1.26 bits per heavy atom. The summed E-state index contributed by atoms with van der Waals surface area (Å²) < 4.78 is 19.7. The van der Waals surface area contributed by atoms with Gasteiger partial charge in [0.05, 0.1) is 23.4 Å². The van der Waals surface area contributed by atoms with Gasteiger partial charge in [-0.05, 0) is 42.3 Å². The molecule has 0 atom stereocenters. The molecular weight excluding hydrogens is 437 g/mol. The number of amides is 1. The molecule has 0 N–H and O–H groups in total. The molecule has 1 saturated heterocycles. The molecule has 2 heterocycles. The number of thiazole rings is 1. The van der Waals surface area contributed by atoms with Gasteiger partial charge in [0.1, 0.15) is 5.82 Å². The van der Waals surface area contributed by atoms with Crippen LogP contribution >= 0.6 is 22.9 Å². The number of fused-ring (bicyclic) bond motifs is 1. The number of benzene rings is 2. The number of morpholine rings is 1. The quantitative estimate of drug-likeness (QED) is 0.473. The van der Waals surface area contributed by atoms with Crippen molar-refractivity contribution in [3.63, 3.8) is 0 Å². The molecule has 0 spiro atoms. The SMILES string of the molecule is O=C(/C=C/c1ccccc1Cl)N(CCCN1CCOCC1)c1nc2ccc(F)cc2s1. The summed E-state index contributed by atoms with van der Waals surface area (Å²) in [7, 11) is 0. The number of rotatable bonds is 7. The minimum absolute atomic E-state index is 0.179. The summed E-state index contributed by atoms with van der Waals surface area (Å²) in [6.07, 6.45) is 4.03. The average molecular weight is 460 g/mol. The van der Waals surface area contributed by atoms with Crippen molar-refractivity contribution in [2.75, 3.05) is 44.3 Å². The second-order valence-corrected chi connectivity index (χ2v) is 8.68. The summed E-state index contributed by atoms with van der Waals surface area (Å²) >= 11 is 7.52. The van der Waals surface area contributed by atoms with E-state index in [1.54, 1.807) is 23.1 Å². The van der Waals surface area contributed by atoms with Crippen molar-refractivity contribution in [1.29, 1.82) is 0 Å². The van der Waals surface area contributed by atoms with Crippen LogP contribution in [0.1, 0.15) is 12.0 Å². The average Bonchev–Trinajstić information content (AvgIpc) is 3.19.